The summed E-state index contributed by atoms with van der Waals surface area (Å²) in [7, 11) is 0. The number of aromatic nitrogens is 3. The maximum atomic E-state index is 5.68. The third-order valence-corrected chi connectivity index (χ3v) is 5.85. The predicted octanol–water partition coefficient (Wildman–Crippen LogP) is 4.35. The number of benzene rings is 1. The Kier molecular flexibility index (Phi) is 4.12. The predicted molar refractivity (Wildman–Crippen MR) is 107 cm³/mol. The molecule has 0 unspecified atom stereocenters. The van der Waals surface area contributed by atoms with Gasteiger partial charge in [-0.2, -0.15) is 0 Å². The Labute approximate surface area is 165 Å². The van der Waals surface area contributed by atoms with E-state index in [9.17, 15) is 0 Å². The molecule has 0 bridgehead atoms. The number of aryl methyl sites for hydroxylation is 2. The summed E-state index contributed by atoms with van der Waals surface area (Å²) in [5, 5.41) is 8.28. The van der Waals surface area contributed by atoms with Gasteiger partial charge in [-0.05, 0) is 37.1 Å². The second kappa shape index (κ2) is 6.79. The normalized spacial score (nSPS) is 13.1. The first kappa shape index (κ1) is 17.0. The van der Waals surface area contributed by atoms with Crippen molar-refractivity contribution in [3.63, 3.8) is 0 Å². The molecule has 0 saturated heterocycles. The van der Waals surface area contributed by atoms with Crippen molar-refractivity contribution in [2.24, 2.45) is 0 Å². The lowest BCUT2D eigenvalue weighted by Crippen LogP contribution is -2.15. The van der Waals surface area contributed by atoms with Crippen molar-refractivity contribution >= 4 is 27.4 Å². The van der Waals surface area contributed by atoms with E-state index in [0.29, 0.717) is 31.3 Å². The van der Waals surface area contributed by atoms with Gasteiger partial charge in [0.1, 0.15) is 23.9 Å². The van der Waals surface area contributed by atoms with Crippen LogP contribution in [-0.4, -0.2) is 28.3 Å². The van der Waals surface area contributed by atoms with E-state index in [1.54, 1.807) is 23.6 Å². The maximum absolute atomic E-state index is 5.68. The van der Waals surface area contributed by atoms with Gasteiger partial charge < -0.3 is 19.3 Å². The van der Waals surface area contributed by atoms with Gasteiger partial charge in [-0.25, -0.2) is 9.97 Å². The number of rotatable bonds is 4. The molecule has 4 aromatic rings. The fourth-order valence-corrected chi connectivity index (χ4v) is 4.23. The average molecular weight is 394 g/mol. The highest BCUT2D eigenvalue weighted by atomic mass is 32.1. The van der Waals surface area contributed by atoms with Crippen molar-refractivity contribution in [1.82, 2.24) is 15.1 Å². The third-order valence-electron chi connectivity index (χ3n) is 4.75. The number of anilines is 1. The molecule has 0 aliphatic carbocycles. The van der Waals surface area contributed by atoms with E-state index >= 15 is 0 Å². The monoisotopic (exact) mass is 394 g/mol. The molecule has 0 atom stereocenters. The molecule has 1 aromatic carbocycles. The molecular formula is C20H18N4O3S. The lowest BCUT2D eigenvalue weighted by atomic mass is 10.1. The molecule has 1 aliphatic heterocycles. The standard InChI is InChI=1S/C20H18N4O3S/c1-11-12(2)28-20-17(11)19(23-18(24-20)15-5-6-22-27-15)21-10-13-3-4-14-16(9-13)26-8-7-25-14/h3-6,9H,7-8,10H2,1-2H3,(H,21,23,24). The molecule has 1 aliphatic rings. The number of hydrogen-bond acceptors (Lipinski definition) is 8. The summed E-state index contributed by atoms with van der Waals surface area (Å²) in [4.78, 5) is 11.5. The third kappa shape index (κ3) is 2.95. The Hall–Kier alpha value is -3.13. The van der Waals surface area contributed by atoms with E-state index in [-0.39, 0.29) is 0 Å². The Morgan fingerprint density at radius 2 is 1.93 bits per heavy atom. The Bertz CT molecular complexity index is 1150. The number of fused-ring (bicyclic) bond motifs is 2. The first-order chi connectivity index (χ1) is 13.7. The molecule has 0 amide bonds. The van der Waals surface area contributed by atoms with Gasteiger partial charge in [-0.15, -0.1) is 11.3 Å². The van der Waals surface area contributed by atoms with Crippen molar-refractivity contribution in [3.8, 4) is 23.1 Å². The van der Waals surface area contributed by atoms with Crippen LogP contribution in [0, 0.1) is 13.8 Å². The second-order valence-electron chi connectivity index (χ2n) is 6.57. The van der Waals surface area contributed by atoms with Crippen LogP contribution in [0.15, 0.2) is 35.0 Å². The summed E-state index contributed by atoms with van der Waals surface area (Å²) in [6, 6.07) is 7.74. The van der Waals surface area contributed by atoms with Crippen LogP contribution in [0.5, 0.6) is 11.5 Å². The van der Waals surface area contributed by atoms with Crippen LogP contribution in [0.2, 0.25) is 0 Å². The van der Waals surface area contributed by atoms with Gasteiger partial charge >= 0.3 is 0 Å². The summed E-state index contributed by atoms with van der Waals surface area (Å²) < 4.78 is 16.5. The van der Waals surface area contributed by atoms with E-state index < -0.39 is 0 Å². The molecule has 0 spiro atoms. The van der Waals surface area contributed by atoms with Crippen LogP contribution in [0.4, 0.5) is 5.82 Å². The highest BCUT2D eigenvalue weighted by molar-refractivity contribution is 7.18. The van der Waals surface area contributed by atoms with Crippen molar-refractivity contribution in [1.29, 1.82) is 0 Å². The van der Waals surface area contributed by atoms with Gasteiger partial charge in [-0.3, -0.25) is 0 Å². The second-order valence-corrected chi connectivity index (χ2v) is 7.77. The highest BCUT2D eigenvalue weighted by Crippen LogP contribution is 2.36. The molecule has 0 radical (unpaired) electrons. The number of nitrogens with one attached hydrogen (secondary N) is 1. The topological polar surface area (TPSA) is 82.3 Å². The number of ether oxygens (including phenoxy) is 2. The Morgan fingerprint density at radius 3 is 2.75 bits per heavy atom. The van der Waals surface area contributed by atoms with E-state index in [2.05, 4.69) is 29.3 Å². The lowest BCUT2D eigenvalue weighted by Gasteiger charge is -2.19. The Balaban J connectivity index is 1.51. The van der Waals surface area contributed by atoms with E-state index in [4.69, 9.17) is 19.0 Å². The lowest BCUT2D eigenvalue weighted by molar-refractivity contribution is 0.171. The molecule has 8 heteroatoms. The van der Waals surface area contributed by atoms with Crippen molar-refractivity contribution in [2.75, 3.05) is 18.5 Å². The Morgan fingerprint density at radius 1 is 1.07 bits per heavy atom. The summed E-state index contributed by atoms with van der Waals surface area (Å²) in [6.07, 6.45) is 1.59. The first-order valence-corrected chi connectivity index (χ1v) is 9.82. The van der Waals surface area contributed by atoms with Crippen LogP contribution in [-0.2, 0) is 6.54 Å². The van der Waals surface area contributed by atoms with Crippen molar-refractivity contribution in [3.05, 3.63) is 46.5 Å². The van der Waals surface area contributed by atoms with E-state index in [1.165, 1.54) is 10.4 Å². The van der Waals surface area contributed by atoms with Gasteiger partial charge in [0.05, 0.1) is 11.6 Å². The molecule has 3 aromatic heterocycles. The van der Waals surface area contributed by atoms with Gasteiger partial charge in [-0.1, -0.05) is 11.2 Å². The van der Waals surface area contributed by atoms with Gasteiger partial charge in [0.15, 0.2) is 11.5 Å². The molecule has 0 saturated carbocycles. The summed E-state index contributed by atoms with van der Waals surface area (Å²) in [6.45, 7) is 5.96. The largest absolute Gasteiger partial charge is 0.486 e. The average Bonchev–Trinajstić information content (AvgIpc) is 3.35. The molecular weight excluding hydrogens is 376 g/mol. The first-order valence-electron chi connectivity index (χ1n) is 9.00. The SMILES string of the molecule is Cc1sc2nc(-c3ccno3)nc(NCc3ccc4c(c3)OCCO4)c2c1C. The van der Waals surface area contributed by atoms with Crippen molar-refractivity contribution in [2.45, 2.75) is 20.4 Å². The molecule has 142 valence electrons. The maximum Gasteiger partial charge on any atom is 0.204 e. The fraction of sp³-hybridized carbons (Fsp3) is 0.250. The molecule has 5 rings (SSSR count). The van der Waals surface area contributed by atoms with Gasteiger partial charge in [0, 0.05) is 17.5 Å². The van der Waals surface area contributed by atoms with Crippen LogP contribution in [0.25, 0.3) is 21.8 Å². The van der Waals surface area contributed by atoms with Gasteiger partial charge in [0.2, 0.25) is 11.6 Å². The number of hydrogen-bond donors (Lipinski definition) is 1. The van der Waals surface area contributed by atoms with Crippen LogP contribution in [0.3, 0.4) is 0 Å². The number of thiophene rings is 1. The molecule has 0 fully saturated rings. The minimum Gasteiger partial charge on any atom is -0.486 e. The highest BCUT2D eigenvalue weighted by Gasteiger charge is 2.17. The minimum absolute atomic E-state index is 0.524. The quantitative estimate of drug-likeness (QED) is 0.551. The fourth-order valence-electron chi connectivity index (χ4n) is 3.20. The summed E-state index contributed by atoms with van der Waals surface area (Å²) in [5.74, 6) is 3.43. The zero-order valence-electron chi connectivity index (χ0n) is 15.5. The van der Waals surface area contributed by atoms with Crippen LogP contribution < -0.4 is 14.8 Å². The molecule has 7 nitrogen and oxygen atoms in total. The van der Waals surface area contributed by atoms with Crippen LogP contribution >= 0.6 is 11.3 Å². The number of nitrogens with zero attached hydrogens (tertiary/aromatic N) is 3. The zero-order chi connectivity index (χ0) is 19.1. The summed E-state index contributed by atoms with van der Waals surface area (Å²) in [5.41, 5.74) is 2.27. The smallest absolute Gasteiger partial charge is 0.204 e. The van der Waals surface area contributed by atoms with Crippen molar-refractivity contribution < 1.29 is 14.0 Å². The van der Waals surface area contributed by atoms with Crippen LogP contribution in [0.1, 0.15) is 16.0 Å². The van der Waals surface area contributed by atoms with E-state index in [1.807, 2.05) is 18.2 Å². The van der Waals surface area contributed by atoms with Gasteiger partial charge in [0.25, 0.3) is 0 Å². The molecule has 4 heterocycles. The molecule has 1 N–H and O–H groups in total. The minimum atomic E-state index is 0.524. The summed E-state index contributed by atoms with van der Waals surface area (Å²) >= 11 is 1.65. The van der Waals surface area contributed by atoms with E-state index in [0.717, 1.165) is 33.1 Å². The molecule has 28 heavy (non-hydrogen) atoms. The zero-order valence-corrected chi connectivity index (χ0v) is 16.3.